The number of nitrogens with zero attached hydrogens (tertiary/aromatic N) is 1. The Morgan fingerprint density at radius 2 is 2.28 bits per heavy atom. The Kier molecular flexibility index (Phi) is 6.11. The van der Waals surface area contributed by atoms with E-state index < -0.39 is 12.1 Å². The molecule has 100 valence electrons. The van der Waals surface area contributed by atoms with E-state index in [1.807, 2.05) is 13.8 Å². The topological polar surface area (TPSA) is 79.7 Å². The number of aliphatic hydroxyl groups excluding tert-OH is 1. The van der Waals surface area contributed by atoms with Crippen molar-refractivity contribution in [1.82, 2.24) is 4.98 Å². The van der Waals surface area contributed by atoms with Crippen LogP contribution < -0.4 is 0 Å². The minimum atomic E-state index is -1.05. The van der Waals surface area contributed by atoms with Crippen molar-refractivity contribution in [3.05, 3.63) is 24.0 Å². The van der Waals surface area contributed by atoms with Crippen molar-refractivity contribution < 1.29 is 19.7 Å². The van der Waals surface area contributed by atoms with Gasteiger partial charge in [0.2, 0.25) is 0 Å². The SMILES string of the molecule is CC(C)OCC(O)CSc1ccnc(C(=O)O)c1. The molecule has 0 aliphatic heterocycles. The van der Waals surface area contributed by atoms with Gasteiger partial charge in [-0.3, -0.25) is 0 Å². The van der Waals surface area contributed by atoms with Gasteiger partial charge in [-0.05, 0) is 26.0 Å². The van der Waals surface area contributed by atoms with Gasteiger partial charge in [0.25, 0.3) is 0 Å². The van der Waals surface area contributed by atoms with Crippen LogP contribution in [0.2, 0.25) is 0 Å². The number of rotatable bonds is 7. The quantitative estimate of drug-likeness (QED) is 0.734. The summed E-state index contributed by atoms with van der Waals surface area (Å²) in [5.41, 5.74) is 0.00733. The Hall–Kier alpha value is -1.11. The molecule has 0 amide bonds. The van der Waals surface area contributed by atoms with E-state index in [1.165, 1.54) is 24.0 Å². The van der Waals surface area contributed by atoms with Crippen molar-refractivity contribution in [1.29, 1.82) is 0 Å². The van der Waals surface area contributed by atoms with Gasteiger partial charge in [0.05, 0.1) is 18.8 Å². The van der Waals surface area contributed by atoms with Gasteiger partial charge in [-0.15, -0.1) is 11.8 Å². The fourth-order valence-corrected chi connectivity index (χ4v) is 2.00. The summed E-state index contributed by atoms with van der Waals surface area (Å²) in [4.78, 5) is 15.2. The predicted molar refractivity (Wildman–Crippen MR) is 69.0 cm³/mol. The highest BCUT2D eigenvalue weighted by Crippen LogP contribution is 2.19. The molecule has 6 heteroatoms. The second kappa shape index (κ2) is 7.35. The third kappa shape index (κ3) is 5.48. The molecule has 18 heavy (non-hydrogen) atoms. The second-order valence-electron chi connectivity index (χ2n) is 4.03. The molecule has 2 N–H and O–H groups in total. The Morgan fingerprint density at radius 3 is 2.89 bits per heavy atom. The zero-order chi connectivity index (χ0) is 13.5. The Bertz CT molecular complexity index is 397. The molecule has 1 aromatic heterocycles. The maximum atomic E-state index is 10.7. The number of ether oxygens (including phenoxy) is 1. The predicted octanol–water partition coefficient (Wildman–Crippen LogP) is 1.66. The van der Waals surface area contributed by atoms with E-state index in [1.54, 1.807) is 6.07 Å². The van der Waals surface area contributed by atoms with Gasteiger partial charge >= 0.3 is 5.97 Å². The maximum Gasteiger partial charge on any atom is 0.354 e. The number of pyridine rings is 1. The lowest BCUT2D eigenvalue weighted by Gasteiger charge is -2.13. The molecule has 5 nitrogen and oxygen atoms in total. The number of hydrogen-bond donors (Lipinski definition) is 2. The Morgan fingerprint density at radius 1 is 1.56 bits per heavy atom. The highest BCUT2D eigenvalue weighted by Gasteiger charge is 2.09. The van der Waals surface area contributed by atoms with Crippen LogP contribution in [0.1, 0.15) is 24.3 Å². The zero-order valence-electron chi connectivity index (χ0n) is 10.4. The van der Waals surface area contributed by atoms with Crippen LogP contribution in [0.15, 0.2) is 23.2 Å². The molecule has 1 rings (SSSR count). The van der Waals surface area contributed by atoms with Crippen LogP contribution in [0.4, 0.5) is 0 Å². The molecule has 0 saturated carbocycles. The fraction of sp³-hybridized carbons (Fsp3) is 0.500. The molecule has 0 radical (unpaired) electrons. The molecular formula is C12H17NO4S. The van der Waals surface area contributed by atoms with Crippen LogP contribution in [-0.2, 0) is 4.74 Å². The van der Waals surface area contributed by atoms with Gasteiger partial charge in [0.15, 0.2) is 0 Å². The molecule has 1 heterocycles. The second-order valence-corrected chi connectivity index (χ2v) is 5.12. The van der Waals surface area contributed by atoms with Crippen molar-refractivity contribution >= 4 is 17.7 Å². The smallest absolute Gasteiger partial charge is 0.354 e. The lowest BCUT2D eigenvalue weighted by atomic mass is 10.3. The van der Waals surface area contributed by atoms with Crippen LogP contribution in [0.3, 0.4) is 0 Å². The van der Waals surface area contributed by atoms with Crippen molar-refractivity contribution in [2.75, 3.05) is 12.4 Å². The summed E-state index contributed by atoms with van der Waals surface area (Å²) in [5.74, 6) is -0.600. The van der Waals surface area contributed by atoms with Crippen LogP contribution in [0.25, 0.3) is 0 Å². The molecule has 0 fully saturated rings. The minimum absolute atomic E-state index is 0.00733. The Labute approximate surface area is 110 Å². The van der Waals surface area contributed by atoms with Gasteiger partial charge in [0.1, 0.15) is 5.69 Å². The molecule has 0 aromatic carbocycles. The van der Waals surface area contributed by atoms with Crippen LogP contribution in [0.5, 0.6) is 0 Å². The summed E-state index contributed by atoms with van der Waals surface area (Å²) >= 11 is 1.38. The third-order valence-electron chi connectivity index (χ3n) is 2.01. The highest BCUT2D eigenvalue weighted by molar-refractivity contribution is 7.99. The first-order valence-electron chi connectivity index (χ1n) is 5.61. The number of carboxylic acids is 1. The summed E-state index contributed by atoms with van der Waals surface area (Å²) < 4.78 is 5.28. The zero-order valence-corrected chi connectivity index (χ0v) is 11.2. The highest BCUT2D eigenvalue weighted by atomic mass is 32.2. The monoisotopic (exact) mass is 271 g/mol. The molecule has 0 aliphatic carbocycles. The summed E-state index contributed by atoms with van der Waals surface area (Å²) in [7, 11) is 0. The number of aromatic carboxylic acids is 1. The largest absolute Gasteiger partial charge is 0.477 e. The lowest BCUT2D eigenvalue weighted by Crippen LogP contribution is -2.20. The number of carbonyl (C=O) groups is 1. The van der Waals surface area contributed by atoms with E-state index in [0.717, 1.165) is 4.90 Å². The molecule has 0 bridgehead atoms. The van der Waals surface area contributed by atoms with E-state index in [9.17, 15) is 9.90 Å². The molecule has 0 aliphatic rings. The van der Waals surface area contributed by atoms with Gasteiger partial charge in [-0.1, -0.05) is 0 Å². The summed E-state index contributed by atoms with van der Waals surface area (Å²) in [5, 5.41) is 18.5. The first-order valence-corrected chi connectivity index (χ1v) is 6.59. The van der Waals surface area contributed by atoms with Gasteiger partial charge in [-0.2, -0.15) is 0 Å². The normalized spacial score (nSPS) is 12.7. The van der Waals surface area contributed by atoms with Crippen molar-refractivity contribution in [2.24, 2.45) is 0 Å². The number of hydrogen-bond acceptors (Lipinski definition) is 5. The summed E-state index contributed by atoms with van der Waals surface area (Å²) in [6.45, 7) is 4.09. The first kappa shape index (κ1) is 14.9. The van der Waals surface area contributed by atoms with E-state index in [2.05, 4.69) is 4.98 Å². The first-order chi connectivity index (χ1) is 8.49. The average molecular weight is 271 g/mol. The van der Waals surface area contributed by atoms with Gasteiger partial charge < -0.3 is 14.9 Å². The molecule has 1 aromatic rings. The average Bonchev–Trinajstić information content (AvgIpc) is 2.34. The molecule has 0 spiro atoms. The van der Waals surface area contributed by atoms with E-state index in [4.69, 9.17) is 9.84 Å². The number of aliphatic hydroxyl groups is 1. The molecule has 1 unspecified atom stereocenters. The fourth-order valence-electron chi connectivity index (χ4n) is 1.16. The lowest BCUT2D eigenvalue weighted by molar-refractivity contribution is 0.0152. The van der Waals surface area contributed by atoms with Crippen LogP contribution in [0, 0.1) is 0 Å². The standard InChI is InChI=1S/C12H17NO4S/c1-8(2)17-6-9(14)7-18-10-3-4-13-11(5-10)12(15)16/h3-5,8-9,14H,6-7H2,1-2H3,(H,15,16). The summed E-state index contributed by atoms with van der Waals surface area (Å²) in [6, 6.07) is 3.20. The number of aromatic nitrogens is 1. The van der Waals surface area contributed by atoms with Crippen molar-refractivity contribution in [3.63, 3.8) is 0 Å². The van der Waals surface area contributed by atoms with E-state index in [-0.39, 0.29) is 18.4 Å². The number of thioether (sulfide) groups is 1. The minimum Gasteiger partial charge on any atom is -0.477 e. The molecule has 1 atom stereocenters. The third-order valence-corrected chi connectivity index (χ3v) is 3.15. The Balaban J connectivity index is 2.43. The van der Waals surface area contributed by atoms with E-state index >= 15 is 0 Å². The summed E-state index contributed by atoms with van der Waals surface area (Å²) in [6.07, 6.45) is 0.964. The van der Waals surface area contributed by atoms with Crippen LogP contribution >= 0.6 is 11.8 Å². The van der Waals surface area contributed by atoms with Gasteiger partial charge in [0, 0.05) is 16.8 Å². The van der Waals surface area contributed by atoms with Crippen LogP contribution in [-0.4, -0.2) is 45.7 Å². The molecule has 0 saturated heterocycles. The van der Waals surface area contributed by atoms with Gasteiger partial charge in [-0.25, -0.2) is 9.78 Å². The molecular weight excluding hydrogens is 254 g/mol. The van der Waals surface area contributed by atoms with Crippen molar-refractivity contribution in [2.45, 2.75) is 31.0 Å². The maximum absolute atomic E-state index is 10.7. The van der Waals surface area contributed by atoms with E-state index in [0.29, 0.717) is 5.75 Å². The number of carboxylic acid groups (broad SMARTS) is 1. The van der Waals surface area contributed by atoms with Crippen molar-refractivity contribution in [3.8, 4) is 0 Å².